The zero-order valence-electron chi connectivity index (χ0n) is 8.30. The summed E-state index contributed by atoms with van der Waals surface area (Å²) in [6, 6.07) is 5.64. The van der Waals surface area contributed by atoms with Crippen molar-refractivity contribution in [3.8, 4) is 6.07 Å². The summed E-state index contributed by atoms with van der Waals surface area (Å²) in [5.74, 6) is 0. The summed E-state index contributed by atoms with van der Waals surface area (Å²) in [6.45, 7) is 0.218. The third kappa shape index (κ3) is 3.43. The Kier molecular flexibility index (Phi) is 5.71. The summed E-state index contributed by atoms with van der Waals surface area (Å²) in [5.41, 5.74) is 3.83. The van der Waals surface area contributed by atoms with Gasteiger partial charge in [0.15, 0.2) is 0 Å². The Bertz CT molecular complexity index is 459. The molecular formula is C9H8ClI2N3O. The molecule has 1 N–H and O–H groups in total. The van der Waals surface area contributed by atoms with Crippen LogP contribution in [0.5, 0.6) is 0 Å². The molecule has 0 aliphatic heterocycles. The van der Waals surface area contributed by atoms with Crippen molar-refractivity contribution in [1.29, 1.82) is 5.26 Å². The Hall–Kier alpha value is -0.140. The molecule has 1 aromatic rings. The van der Waals surface area contributed by atoms with Gasteiger partial charge in [0, 0.05) is 0 Å². The van der Waals surface area contributed by atoms with Crippen LogP contribution in [0.1, 0.15) is 11.1 Å². The van der Waals surface area contributed by atoms with Crippen LogP contribution >= 0.6 is 30.2 Å². The molecule has 0 saturated heterocycles. The maximum absolute atomic E-state index is 11.2. The predicted octanol–water partition coefficient (Wildman–Crippen LogP) is -0.766. The van der Waals surface area contributed by atoms with Crippen LogP contribution in [0, 0.1) is 19.8 Å². The SMILES string of the molecule is CN[N+](=O)Cc1cc(Cl)c(C#N)c([I-]I)c1. The van der Waals surface area contributed by atoms with Gasteiger partial charge in [0.1, 0.15) is 0 Å². The number of hydrogen-bond acceptors (Lipinski definition) is 2. The van der Waals surface area contributed by atoms with E-state index in [1.165, 1.54) is 0 Å². The number of nitriles is 1. The number of nitrogens with one attached hydrogen (secondary N) is 1. The van der Waals surface area contributed by atoms with Crippen molar-refractivity contribution in [3.05, 3.63) is 36.8 Å². The van der Waals surface area contributed by atoms with Crippen LogP contribution in [-0.2, 0) is 6.54 Å². The number of rotatable bonds is 4. The molecular weight excluding hydrogens is 455 g/mol. The van der Waals surface area contributed by atoms with Crippen molar-refractivity contribution in [2.24, 2.45) is 0 Å². The van der Waals surface area contributed by atoms with Gasteiger partial charge in [-0.3, -0.25) is 0 Å². The van der Waals surface area contributed by atoms with Crippen LogP contribution in [0.4, 0.5) is 0 Å². The van der Waals surface area contributed by atoms with E-state index in [1.54, 1.807) is 13.1 Å². The molecule has 7 heteroatoms. The minimum absolute atomic E-state index is 0.218. The van der Waals surface area contributed by atoms with Crippen molar-refractivity contribution in [1.82, 2.24) is 5.43 Å². The molecule has 0 atom stereocenters. The van der Waals surface area contributed by atoms with E-state index in [2.05, 4.69) is 30.1 Å². The summed E-state index contributed by atoms with van der Waals surface area (Å²) in [6.07, 6.45) is 0. The van der Waals surface area contributed by atoms with Crippen molar-refractivity contribution >= 4 is 30.2 Å². The van der Waals surface area contributed by atoms with E-state index in [9.17, 15) is 4.91 Å². The normalized spacial score (nSPS) is 9.88. The molecule has 0 heterocycles. The van der Waals surface area contributed by atoms with Gasteiger partial charge in [-0.05, 0) is 0 Å². The predicted molar refractivity (Wildman–Crippen MR) is 65.3 cm³/mol. The first-order valence-corrected chi connectivity index (χ1v) is 12.0. The van der Waals surface area contributed by atoms with Gasteiger partial charge < -0.3 is 0 Å². The van der Waals surface area contributed by atoms with E-state index < -0.39 is 0 Å². The minimum atomic E-state index is -0.261. The Morgan fingerprint density at radius 1 is 1.69 bits per heavy atom. The van der Waals surface area contributed by atoms with Crippen LogP contribution in [0.3, 0.4) is 0 Å². The first-order chi connectivity index (χ1) is 7.62. The zero-order chi connectivity index (χ0) is 12.1. The average molecular weight is 463 g/mol. The van der Waals surface area contributed by atoms with Gasteiger partial charge in [0.25, 0.3) is 0 Å². The molecule has 0 aliphatic rings. The molecule has 0 spiro atoms. The summed E-state index contributed by atoms with van der Waals surface area (Å²) >= 11 is 8.00. The van der Waals surface area contributed by atoms with Crippen molar-refractivity contribution in [3.63, 3.8) is 0 Å². The number of nitrogens with zero attached hydrogens (tertiary/aromatic N) is 2. The van der Waals surface area contributed by atoms with Crippen molar-refractivity contribution < 1.29 is 22.1 Å². The second-order valence-corrected chi connectivity index (χ2v) is 7.59. The Morgan fingerprint density at radius 3 is 2.88 bits per heavy atom. The van der Waals surface area contributed by atoms with Gasteiger partial charge in [-0.1, -0.05) is 0 Å². The van der Waals surface area contributed by atoms with Gasteiger partial charge in [0.05, 0.1) is 0 Å². The van der Waals surface area contributed by atoms with E-state index in [1.807, 2.05) is 6.07 Å². The van der Waals surface area contributed by atoms with E-state index in [-0.39, 0.29) is 23.8 Å². The summed E-state index contributed by atoms with van der Waals surface area (Å²) < 4.78 is 0.967. The molecule has 4 nitrogen and oxygen atoms in total. The molecule has 0 aliphatic carbocycles. The summed E-state index contributed by atoms with van der Waals surface area (Å²) in [5, 5.41) is 9.37. The van der Waals surface area contributed by atoms with E-state index >= 15 is 0 Å². The number of nitroso groups, excluding NO2 is 1. The van der Waals surface area contributed by atoms with Gasteiger partial charge in [-0.2, -0.15) is 0 Å². The monoisotopic (exact) mass is 463 g/mol. The molecule has 1 aromatic carbocycles. The Morgan fingerprint density at radius 2 is 2.38 bits per heavy atom. The topological polar surface area (TPSA) is 55.9 Å². The molecule has 0 amide bonds. The molecule has 0 saturated carbocycles. The van der Waals surface area contributed by atoms with E-state index in [4.69, 9.17) is 16.9 Å². The number of hydrazine groups is 1. The Labute approximate surface area is 118 Å². The molecule has 0 fully saturated rings. The molecule has 0 aromatic heterocycles. The van der Waals surface area contributed by atoms with Gasteiger partial charge in [-0.15, -0.1) is 0 Å². The third-order valence-electron chi connectivity index (χ3n) is 1.87. The van der Waals surface area contributed by atoms with Crippen LogP contribution in [0.2, 0.25) is 5.02 Å². The van der Waals surface area contributed by atoms with Crippen LogP contribution in [-0.4, -0.2) is 11.9 Å². The van der Waals surface area contributed by atoms with Crippen LogP contribution < -0.4 is 22.7 Å². The maximum atomic E-state index is 11.2. The van der Waals surface area contributed by atoms with Crippen LogP contribution in [0.15, 0.2) is 12.1 Å². The summed E-state index contributed by atoms with van der Waals surface area (Å²) in [7, 11) is 1.56. The van der Waals surface area contributed by atoms with E-state index in [0.29, 0.717) is 15.5 Å². The quantitative estimate of drug-likeness (QED) is 0.363. The first-order valence-electron chi connectivity index (χ1n) is 4.23. The first kappa shape index (κ1) is 13.9. The van der Waals surface area contributed by atoms with Crippen molar-refractivity contribution in [2.75, 3.05) is 7.05 Å². The summed E-state index contributed by atoms with van der Waals surface area (Å²) in [4.78, 5) is 11.9. The fourth-order valence-corrected chi connectivity index (χ4v) is 4.86. The molecule has 0 unspecified atom stereocenters. The van der Waals surface area contributed by atoms with Gasteiger partial charge in [-0.25, -0.2) is 0 Å². The number of halogens is 3. The third-order valence-corrected chi connectivity index (χ3v) is 6.40. The fraction of sp³-hybridized carbons (Fsp3) is 0.222. The molecule has 1 rings (SSSR count). The second kappa shape index (κ2) is 6.56. The second-order valence-electron chi connectivity index (χ2n) is 2.88. The number of hydrogen-bond donors (Lipinski definition) is 1. The standard InChI is InChI=1S/C9H8ClI2N3O/c1-14-15(16)5-6-2-8(10)7(4-13)9(3-6)12-11/h2-3H,5H2,1H3,(H,14,16). The molecule has 0 bridgehead atoms. The fourth-order valence-electron chi connectivity index (χ4n) is 1.12. The Balaban J connectivity index is 3.11. The number of benzene rings is 1. The molecule has 16 heavy (non-hydrogen) atoms. The van der Waals surface area contributed by atoms with Gasteiger partial charge in [0.2, 0.25) is 0 Å². The van der Waals surface area contributed by atoms with E-state index in [0.717, 1.165) is 9.13 Å². The molecule has 0 radical (unpaired) electrons. The van der Waals surface area contributed by atoms with Crippen LogP contribution in [0.25, 0.3) is 0 Å². The average Bonchev–Trinajstić information content (AvgIpc) is 2.28. The molecule has 86 valence electrons. The van der Waals surface area contributed by atoms with Crippen molar-refractivity contribution in [2.45, 2.75) is 6.54 Å². The van der Waals surface area contributed by atoms with Gasteiger partial charge >= 0.3 is 119 Å². The zero-order valence-corrected chi connectivity index (χ0v) is 13.4.